The standard InChI is InChI=1S/C30H55N11O9S/c1-14(2)11-21(28(49)36-15(3)12-42)40-26(47)19(7-6-10-35-30(33)34)38-27(48)20(8-9-22(32)44)39-29(50)23(17(5)43)41-24(45)16(4)37-25(46)18(31)13-51/h12,14-21,23,43,51H,6-11,13,31H2,1-5H3,(H2,32,44)(H,36,49)(H,37,46)(H,38,48)(H,39,50)(H,40,47)(H,41,45)(H4,33,34,35)/t15-,16-,17+,18-,19-,20-,21-,23-/m0/s1. The van der Waals surface area contributed by atoms with Gasteiger partial charge in [-0.05, 0) is 52.4 Å². The number of hydrogen-bond acceptors (Lipinski definition) is 12. The van der Waals surface area contributed by atoms with Crippen molar-refractivity contribution in [2.45, 2.75) is 115 Å². The summed E-state index contributed by atoms with van der Waals surface area (Å²) in [5, 5.41) is 25.0. The number of amides is 7. The van der Waals surface area contributed by atoms with Crippen molar-refractivity contribution in [2.75, 3.05) is 12.3 Å². The lowest BCUT2D eigenvalue weighted by atomic mass is 10.0. The molecule has 0 saturated heterocycles. The van der Waals surface area contributed by atoms with E-state index < -0.39 is 89.7 Å². The summed E-state index contributed by atoms with van der Waals surface area (Å²) >= 11 is 3.93. The number of aliphatic imine (C=N–C) groups is 1. The van der Waals surface area contributed by atoms with Gasteiger partial charge in [0, 0.05) is 18.7 Å². The van der Waals surface area contributed by atoms with Crippen LogP contribution in [0.15, 0.2) is 4.99 Å². The van der Waals surface area contributed by atoms with Gasteiger partial charge in [0.1, 0.15) is 36.5 Å². The van der Waals surface area contributed by atoms with E-state index in [2.05, 4.69) is 49.5 Å². The van der Waals surface area contributed by atoms with E-state index in [1.54, 1.807) is 0 Å². The maximum Gasteiger partial charge on any atom is 0.245 e. The number of carbonyl (C=O) groups excluding carboxylic acids is 8. The van der Waals surface area contributed by atoms with Crippen LogP contribution in [0, 0.1) is 5.92 Å². The van der Waals surface area contributed by atoms with Crippen molar-refractivity contribution in [3.63, 3.8) is 0 Å². The second-order valence-electron chi connectivity index (χ2n) is 12.4. The first-order valence-corrected chi connectivity index (χ1v) is 17.0. The van der Waals surface area contributed by atoms with Crippen LogP contribution in [0.2, 0.25) is 0 Å². The van der Waals surface area contributed by atoms with Gasteiger partial charge in [-0.3, -0.25) is 38.6 Å². The highest BCUT2D eigenvalue weighted by molar-refractivity contribution is 7.80. The Kier molecular flexibility index (Phi) is 21.7. The number of hydrogen-bond donors (Lipinski definition) is 12. The summed E-state index contributed by atoms with van der Waals surface area (Å²) in [6.45, 7) is 7.67. The number of nitrogens with two attached hydrogens (primary N) is 4. The van der Waals surface area contributed by atoms with Crippen molar-refractivity contribution in [3.8, 4) is 0 Å². The zero-order valence-corrected chi connectivity index (χ0v) is 30.5. The van der Waals surface area contributed by atoms with Crippen LogP contribution in [0.5, 0.6) is 0 Å². The van der Waals surface area contributed by atoms with Crippen molar-refractivity contribution in [1.29, 1.82) is 0 Å². The molecule has 15 N–H and O–H groups in total. The first kappa shape index (κ1) is 46.5. The first-order chi connectivity index (χ1) is 23.7. The van der Waals surface area contributed by atoms with Crippen LogP contribution < -0.4 is 54.8 Å². The third kappa shape index (κ3) is 18.9. The molecular formula is C30H55N11O9S. The number of aliphatic hydroxyl groups excluding tert-OH is 1. The predicted octanol–water partition coefficient (Wildman–Crippen LogP) is -4.86. The summed E-state index contributed by atoms with van der Waals surface area (Å²) in [4.78, 5) is 105. The molecule has 0 aliphatic carbocycles. The molecule has 0 bridgehead atoms. The fourth-order valence-corrected chi connectivity index (χ4v) is 4.51. The average molecular weight is 746 g/mol. The molecule has 0 spiro atoms. The SMILES string of the molecule is CC(C)C[C@H](NC(=O)[C@H](CCCN=C(N)N)NC(=O)[C@H](CCC(N)=O)NC(=O)[C@@H](NC(=O)[C@H](C)NC(=O)[C@@H](N)CS)[C@@H](C)O)C(=O)N[C@@H](C)C=O. The summed E-state index contributed by atoms with van der Waals surface area (Å²) in [5.74, 6) is -6.03. The van der Waals surface area contributed by atoms with Crippen LogP contribution in [0.1, 0.15) is 66.7 Å². The summed E-state index contributed by atoms with van der Waals surface area (Å²) in [7, 11) is 0. The first-order valence-electron chi connectivity index (χ1n) is 16.4. The molecule has 0 aromatic carbocycles. The van der Waals surface area contributed by atoms with Crippen molar-refractivity contribution in [2.24, 2.45) is 33.8 Å². The third-order valence-electron chi connectivity index (χ3n) is 7.15. The number of nitrogens with one attached hydrogen (secondary N) is 6. The van der Waals surface area contributed by atoms with Crippen LogP contribution in [0.3, 0.4) is 0 Å². The minimum absolute atomic E-state index is 0.000948. The molecule has 0 heterocycles. The largest absolute Gasteiger partial charge is 0.391 e. The minimum atomic E-state index is -1.64. The quantitative estimate of drug-likeness (QED) is 0.0146. The number of guanidine groups is 1. The fraction of sp³-hybridized carbons (Fsp3) is 0.700. The smallest absolute Gasteiger partial charge is 0.245 e. The Morgan fingerprint density at radius 1 is 0.725 bits per heavy atom. The summed E-state index contributed by atoms with van der Waals surface area (Å²) in [6, 6.07) is -8.57. The molecule has 51 heavy (non-hydrogen) atoms. The molecule has 0 unspecified atom stereocenters. The Labute approximate surface area is 302 Å². The molecule has 0 saturated carbocycles. The second kappa shape index (κ2) is 23.8. The molecule has 0 aromatic rings. The highest BCUT2D eigenvalue weighted by atomic mass is 32.1. The molecule has 0 rings (SSSR count). The molecular weight excluding hydrogens is 690 g/mol. The van der Waals surface area contributed by atoms with Crippen LogP contribution in [0.4, 0.5) is 0 Å². The van der Waals surface area contributed by atoms with Crippen LogP contribution in [-0.2, 0) is 38.4 Å². The molecule has 0 aliphatic heterocycles. The van der Waals surface area contributed by atoms with Gasteiger partial charge in [-0.25, -0.2) is 0 Å². The molecule has 8 atom stereocenters. The molecule has 21 heteroatoms. The molecule has 0 radical (unpaired) electrons. The molecule has 0 aliphatic rings. The Bertz CT molecular complexity index is 1250. The topological polar surface area (TPSA) is 345 Å². The number of aliphatic hydroxyl groups is 1. The zero-order valence-electron chi connectivity index (χ0n) is 29.6. The van der Waals surface area contributed by atoms with Gasteiger partial charge in [0.15, 0.2) is 5.96 Å². The highest BCUT2D eigenvalue weighted by Gasteiger charge is 2.34. The minimum Gasteiger partial charge on any atom is -0.391 e. The van der Waals surface area contributed by atoms with Crippen LogP contribution >= 0.6 is 12.6 Å². The lowest BCUT2D eigenvalue weighted by Gasteiger charge is -2.28. The maximum absolute atomic E-state index is 13.6. The van der Waals surface area contributed by atoms with E-state index in [0.717, 1.165) is 0 Å². The van der Waals surface area contributed by atoms with Gasteiger partial charge < -0.3 is 64.7 Å². The van der Waals surface area contributed by atoms with Crippen molar-refractivity contribution in [1.82, 2.24) is 31.9 Å². The van der Waals surface area contributed by atoms with Gasteiger partial charge in [0.25, 0.3) is 0 Å². The average Bonchev–Trinajstić information content (AvgIpc) is 3.04. The normalized spacial score (nSPS) is 15.6. The van der Waals surface area contributed by atoms with Gasteiger partial charge in [-0.1, -0.05) is 13.8 Å². The van der Waals surface area contributed by atoms with E-state index in [-0.39, 0.29) is 56.3 Å². The summed E-state index contributed by atoms with van der Waals surface area (Å²) in [5.41, 5.74) is 21.7. The van der Waals surface area contributed by atoms with E-state index in [4.69, 9.17) is 22.9 Å². The molecule has 290 valence electrons. The Morgan fingerprint density at radius 2 is 1.25 bits per heavy atom. The van der Waals surface area contributed by atoms with E-state index in [1.807, 2.05) is 13.8 Å². The van der Waals surface area contributed by atoms with E-state index in [9.17, 15) is 43.5 Å². The Hall–Kier alpha value is -4.50. The van der Waals surface area contributed by atoms with Crippen LogP contribution in [-0.4, -0.2) is 119 Å². The van der Waals surface area contributed by atoms with E-state index in [1.165, 1.54) is 20.8 Å². The Balaban J connectivity index is 6.23. The van der Waals surface area contributed by atoms with Gasteiger partial charge in [0.2, 0.25) is 41.4 Å². The number of carbonyl (C=O) groups is 8. The van der Waals surface area contributed by atoms with Gasteiger partial charge in [0.05, 0.1) is 18.2 Å². The fourth-order valence-electron chi connectivity index (χ4n) is 4.35. The highest BCUT2D eigenvalue weighted by Crippen LogP contribution is 2.09. The van der Waals surface area contributed by atoms with E-state index in [0.29, 0.717) is 6.29 Å². The third-order valence-corrected chi connectivity index (χ3v) is 7.55. The number of primary amides is 1. The number of nitrogens with zero attached hydrogens (tertiary/aromatic N) is 1. The van der Waals surface area contributed by atoms with Gasteiger partial charge >= 0.3 is 0 Å². The molecule has 7 amide bonds. The number of aldehydes is 1. The summed E-state index contributed by atoms with van der Waals surface area (Å²) < 4.78 is 0. The lowest BCUT2D eigenvalue weighted by Crippen LogP contribution is -2.61. The molecule has 0 aromatic heterocycles. The predicted molar refractivity (Wildman–Crippen MR) is 190 cm³/mol. The van der Waals surface area contributed by atoms with Gasteiger partial charge in [-0.15, -0.1) is 0 Å². The lowest BCUT2D eigenvalue weighted by molar-refractivity contribution is -0.137. The maximum atomic E-state index is 13.6. The van der Waals surface area contributed by atoms with Crippen LogP contribution in [0.25, 0.3) is 0 Å². The second-order valence-corrected chi connectivity index (χ2v) is 12.8. The van der Waals surface area contributed by atoms with Crippen molar-refractivity contribution in [3.05, 3.63) is 0 Å². The number of thiol groups is 1. The number of rotatable bonds is 24. The van der Waals surface area contributed by atoms with Crippen molar-refractivity contribution >= 4 is 66.2 Å². The van der Waals surface area contributed by atoms with Gasteiger partial charge in [-0.2, -0.15) is 12.6 Å². The summed E-state index contributed by atoms with van der Waals surface area (Å²) in [6.07, 6.45) is -1.38. The molecule has 20 nitrogen and oxygen atoms in total. The zero-order chi connectivity index (χ0) is 39.4. The monoisotopic (exact) mass is 745 g/mol. The van der Waals surface area contributed by atoms with Crippen molar-refractivity contribution < 1.29 is 43.5 Å². The van der Waals surface area contributed by atoms with E-state index >= 15 is 0 Å². The molecule has 0 fully saturated rings. The Morgan fingerprint density at radius 3 is 1.75 bits per heavy atom.